The number of anilines is 1. The molecule has 0 aliphatic rings. The van der Waals surface area contributed by atoms with E-state index in [2.05, 4.69) is 22.2 Å². The van der Waals surface area contributed by atoms with Crippen LogP contribution in [0.2, 0.25) is 10.2 Å². The molecule has 0 saturated heterocycles. The molecule has 0 atom stereocenters. The normalized spacial score (nSPS) is 11.0. The van der Waals surface area contributed by atoms with Crippen molar-refractivity contribution in [2.24, 2.45) is 0 Å². The maximum atomic E-state index is 12.5. The average molecular weight is 412 g/mol. The van der Waals surface area contributed by atoms with E-state index in [0.29, 0.717) is 27.7 Å². The van der Waals surface area contributed by atoms with Gasteiger partial charge in [-0.05, 0) is 54.4 Å². The smallest absolute Gasteiger partial charge is 0.258 e. The highest BCUT2D eigenvalue weighted by molar-refractivity contribution is 6.34. The summed E-state index contributed by atoms with van der Waals surface area (Å²) in [5.41, 5.74) is 4.04. The quantitative estimate of drug-likeness (QED) is 0.417. The molecule has 0 fully saturated rings. The van der Waals surface area contributed by atoms with Crippen LogP contribution in [0.1, 0.15) is 22.8 Å². The van der Waals surface area contributed by atoms with Crippen molar-refractivity contribution in [3.63, 3.8) is 0 Å². The number of carbonyl (C=O) groups is 1. The molecule has 1 N–H and O–H groups in total. The van der Waals surface area contributed by atoms with Crippen LogP contribution in [0.3, 0.4) is 0 Å². The first-order chi connectivity index (χ1) is 13.5. The third kappa shape index (κ3) is 3.59. The third-order valence-electron chi connectivity index (χ3n) is 4.32. The second-order valence-electron chi connectivity index (χ2n) is 6.17. The molecule has 0 bridgehead atoms. The molecule has 0 aliphatic carbocycles. The number of hydrogen-bond donors (Lipinski definition) is 1. The van der Waals surface area contributed by atoms with Crippen molar-refractivity contribution in [2.45, 2.75) is 13.3 Å². The largest absolute Gasteiger partial charge is 0.436 e. The Balaban J connectivity index is 1.68. The van der Waals surface area contributed by atoms with Crippen molar-refractivity contribution in [3.05, 3.63) is 76.0 Å². The standard InChI is InChI=1S/C21H15Cl2N3O2/c1-2-12-5-8-18-17(10-12)26-21(28-18)15-11-13(6-7-16(15)22)25-20(27)14-4-3-9-24-19(14)23/h3-11H,2H2,1H3,(H,25,27). The predicted molar refractivity (Wildman–Crippen MR) is 111 cm³/mol. The second-order valence-corrected chi connectivity index (χ2v) is 6.93. The topological polar surface area (TPSA) is 68.0 Å². The van der Waals surface area contributed by atoms with Gasteiger partial charge >= 0.3 is 0 Å². The lowest BCUT2D eigenvalue weighted by Crippen LogP contribution is -2.12. The molecule has 0 spiro atoms. The summed E-state index contributed by atoms with van der Waals surface area (Å²) in [6.45, 7) is 2.08. The minimum Gasteiger partial charge on any atom is -0.436 e. The molecule has 4 rings (SSSR count). The summed E-state index contributed by atoms with van der Waals surface area (Å²) in [6, 6.07) is 14.3. The summed E-state index contributed by atoms with van der Waals surface area (Å²) in [6.07, 6.45) is 2.44. The van der Waals surface area contributed by atoms with Crippen molar-refractivity contribution in [2.75, 3.05) is 5.32 Å². The number of nitrogens with zero attached hydrogens (tertiary/aromatic N) is 2. The van der Waals surface area contributed by atoms with Gasteiger partial charge in [0.25, 0.3) is 5.91 Å². The molecule has 140 valence electrons. The van der Waals surface area contributed by atoms with E-state index < -0.39 is 0 Å². The lowest BCUT2D eigenvalue weighted by Gasteiger charge is -2.08. The van der Waals surface area contributed by atoms with Gasteiger partial charge in [0, 0.05) is 11.9 Å². The van der Waals surface area contributed by atoms with Crippen LogP contribution in [-0.4, -0.2) is 15.9 Å². The monoisotopic (exact) mass is 411 g/mol. The lowest BCUT2D eigenvalue weighted by molar-refractivity contribution is 0.102. The molecule has 0 saturated carbocycles. The van der Waals surface area contributed by atoms with Gasteiger partial charge in [0.05, 0.1) is 16.1 Å². The fourth-order valence-electron chi connectivity index (χ4n) is 2.83. The van der Waals surface area contributed by atoms with E-state index in [0.717, 1.165) is 11.9 Å². The molecule has 2 aromatic heterocycles. The van der Waals surface area contributed by atoms with Gasteiger partial charge in [-0.3, -0.25) is 4.79 Å². The van der Waals surface area contributed by atoms with Crippen LogP contribution in [-0.2, 0) is 6.42 Å². The molecule has 5 nitrogen and oxygen atoms in total. The molecule has 2 aromatic carbocycles. The number of hydrogen-bond acceptors (Lipinski definition) is 4. The highest BCUT2D eigenvalue weighted by Gasteiger charge is 2.15. The van der Waals surface area contributed by atoms with Crippen LogP contribution in [0, 0.1) is 0 Å². The van der Waals surface area contributed by atoms with Crippen LogP contribution in [0.5, 0.6) is 0 Å². The van der Waals surface area contributed by atoms with E-state index in [1.807, 2.05) is 18.2 Å². The maximum Gasteiger partial charge on any atom is 0.258 e. The van der Waals surface area contributed by atoms with Crippen molar-refractivity contribution < 1.29 is 9.21 Å². The number of aromatic nitrogens is 2. The summed E-state index contributed by atoms with van der Waals surface area (Å²) >= 11 is 12.3. The first kappa shape index (κ1) is 18.5. The van der Waals surface area contributed by atoms with E-state index in [-0.39, 0.29) is 16.6 Å². The first-order valence-electron chi connectivity index (χ1n) is 8.66. The SMILES string of the molecule is CCc1ccc2oc(-c3cc(NC(=O)c4cccnc4Cl)ccc3Cl)nc2c1. The van der Waals surface area contributed by atoms with Crippen LogP contribution in [0.25, 0.3) is 22.6 Å². The molecule has 1 amide bonds. The molecule has 7 heteroatoms. The summed E-state index contributed by atoms with van der Waals surface area (Å²) in [4.78, 5) is 20.9. The molecule has 4 aromatic rings. The van der Waals surface area contributed by atoms with Gasteiger partial charge in [-0.2, -0.15) is 0 Å². The Morgan fingerprint density at radius 3 is 2.79 bits per heavy atom. The van der Waals surface area contributed by atoms with E-state index in [4.69, 9.17) is 27.6 Å². The number of aryl methyl sites for hydroxylation is 1. The molecule has 2 heterocycles. The van der Waals surface area contributed by atoms with Crippen LogP contribution < -0.4 is 5.32 Å². The van der Waals surface area contributed by atoms with Crippen molar-refractivity contribution in [1.82, 2.24) is 9.97 Å². The zero-order valence-corrected chi connectivity index (χ0v) is 16.4. The average Bonchev–Trinajstić information content (AvgIpc) is 3.12. The fourth-order valence-corrected chi connectivity index (χ4v) is 3.23. The zero-order valence-electron chi connectivity index (χ0n) is 14.9. The summed E-state index contributed by atoms with van der Waals surface area (Å²) < 4.78 is 5.86. The number of rotatable bonds is 4. The van der Waals surface area contributed by atoms with E-state index in [9.17, 15) is 4.79 Å². The van der Waals surface area contributed by atoms with Crippen molar-refractivity contribution >= 4 is 45.9 Å². The molecule has 28 heavy (non-hydrogen) atoms. The number of amides is 1. The van der Waals surface area contributed by atoms with Crippen LogP contribution in [0.4, 0.5) is 5.69 Å². The second kappa shape index (κ2) is 7.62. The molecular formula is C21H15Cl2N3O2. The first-order valence-corrected chi connectivity index (χ1v) is 9.42. The van der Waals surface area contributed by atoms with Gasteiger partial charge in [-0.25, -0.2) is 9.97 Å². The Kier molecular flexibility index (Phi) is 5.03. The van der Waals surface area contributed by atoms with Gasteiger partial charge in [0.2, 0.25) is 5.89 Å². The van der Waals surface area contributed by atoms with Gasteiger partial charge in [-0.15, -0.1) is 0 Å². The van der Waals surface area contributed by atoms with Crippen molar-refractivity contribution in [3.8, 4) is 11.5 Å². The summed E-state index contributed by atoms with van der Waals surface area (Å²) in [7, 11) is 0. The van der Waals surface area contributed by atoms with E-state index in [1.165, 1.54) is 11.8 Å². The molecule has 0 aliphatic heterocycles. The number of benzene rings is 2. The molecular weight excluding hydrogens is 397 g/mol. The maximum absolute atomic E-state index is 12.5. The van der Waals surface area contributed by atoms with Crippen LogP contribution >= 0.6 is 23.2 Å². The highest BCUT2D eigenvalue weighted by Crippen LogP contribution is 2.32. The van der Waals surface area contributed by atoms with E-state index >= 15 is 0 Å². The summed E-state index contributed by atoms with van der Waals surface area (Å²) in [5, 5.41) is 3.41. The van der Waals surface area contributed by atoms with E-state index in [1.54, 1.807) is 30.3 Å². The third-order valence-corrected chi connectivity index (χ3v) is 4.95. The van der Waals surface area contributed by atoms with Gasteiger partial charge in [-0.1, -0.05) is 36.2 Å². The highest BCUT2D eigenvalue weighted by atomic mass is 35.5. The minimum absolute atomic E-state index is 0.139. The number of fused-ring (bicyclic) bond motifs is 1. The van der Waals surface area contributed by atoms with Crippen molar-refractivity contribution in [1.29, 1.82) is 0 Å². The van der Waals surface area contributed by atoms with Crippen LogP contribution in [0.15, 0.2) is 59.1 Å². The number of carbonyl (C=O) groups excluding carboxylic acids is 1. The summed E-state index contributed by atoms with van der Waals surface area (Å²) in [5.74, 6) is 0.0280. The number of nitrogens with one attached hydrogen (secondary N) is 1. The van der Waals surface area contributed by atoms with Gasteiger partial charge < -0.3 is 9.73 Å². The Labute approximate surface area is 171 Å². The number of halogens is 2. The van der Waals surface area contributed by atoms with Gasteiger partial charge in [0.15, 0.2) is 5.58 Å². The minimum atomic E-state index is -0.364. The predicted octanol–water partition coefficient (Wildman–Crippen LogP) is 6.01. The Morgan fingerprint density at radius 1 is 1.14 bits per heavy atom. The zero-order chi connectivity index (χ0) is 19.7. The fraction of sp³-hybridized carbons (Fsp3) is 0.0952. The number of oxazole rings is 1. The Hall–Kier alpha value is -2.89. The van der Waals surface area contributed by atoms with Gasteiger partial charge in [0.1, 0.15) is 10.7 Å². The molecule has 0 radical (unpaired) electrons. The molecule has 0 unspecified atom stereocenters. The number of pyridine rings is 1. The lowest BCUT2D eigenvalue weighted by atomic mass is 10.1. The Morgan fingerprint density at radius 2 is 2.00 bits per heavy atom. The Bertz CT molecular complexity index is 1190.